The minimum Gasteiger partial charge on any atom is -0.295 e. The van der Waals surface area contributed by atoms with E-state index in [1.54, 1.807) is 11.3 Å². The molecule has 0 radical (unpaired) electrons. The summed E-state index contributed by atoms with van der Waals surface area (Å²) in [5, 5.41) is 16.3. The summed E-state index contributed by atoms with van der Waals surface area (Å²) in [7, 11) is 2.08. The van der Waals surface area contributed by atoms with Crippen molar-refractivity contribution in [3.63, 3.8) is 0 Å². The van der Waals surface area contributed by atoms with Crippen molar-refractivity contribution in [2.75, 3.05) is 7.05 Å². The number of thiophene rings is 1. The average molecular weight is 299 g/mol. The lowest BCUT2D eigenvalue weighted by Crippen LogP contribution is -2.20. The summed E-state index contributed by atoms with van der Waals surface area (Å²) >= 11 is 1.72. The van der Waals surface area contributed by atoms with E-state index in [1.807, 2.05) is 22.9 Å². The lowest BCUT2D eigenvalue weighted by molar-refractivity contribution is 0.304. The molecule has 1 aromatic carbocycles. The summed E-state index contributed by atoms with van der Waals surface area (Å²) in [4.78, 5) is 2.22. The molecule has 3 rings (SSSR count). The van der Waals surface area contributed by atoms with Crippen molar-refractivity contribution in [1.82, 2.24) is 25.1 Å². The van der Waals surface area contributed by atoms with Gasteiger partial charge >= 0.3 is 0 Å². The quantitative estimate of drug-likeness (QED) is 0.701. The fourth-order valence-corrected chi connectivity index (χ4v) is 2.87. The van der Waals surface area contributed by atoms with Gasteiger partial charge in [-0.2, -0.15) is 11.3 Å². The highest BCUT2D eigenvalue weighted by molar-refractivity contribution is 7.07. The van der Waals surface area contributed by atoms with Crippen molar-refractivity contribution in [2.45, 2.75) is 19.6 Å². The van der Waals surface area contributed by atoms with Gasteiger partial charge in [0.1, 0.15) is 0 Å². The third-order valence-electron chi connectivity index (χ3n) is 3.23. The van der Waals surface area contributed by atoms with Gasteiger partial charge < -0.3 is 0 Å². The standard InChI is InChI=1S/C15H17N5S/c1-19(9-14-7-8-21-12-14)11-15-16-17-18-20(15)10-13-5-3-2-4-6-13/h2-8,12H,9-11H2,1H3. The molecule has 5 nitrogen and oxygen atoms in total. The molecule has 6 heteroatoms. The molecule has 2 heterocycles. The summed E-state index contributed by atoms with van der Waals surface area (Å²) in [5.74, 6) is 0.886. The van der Waals surface area contributed by atoms with Crippen LogP contribution in [0.2, 0.25) is 0 Å². The van der Waals surface area contributed by atoms with Crippen molar-refractivity contribution in [3.05, 3.63) is 64.1 Å². The number of benzene rings is 1. The molecule has 0 N–H and O–H groups in total. The smallest absolute Gasteiger partial charge is 0.165 e. The van der Waals surface area contributed by atoms with Crippen LogP contribution in [0, 0.1) is 0 Å². The zero-order valence-corrected chi connectivity index (χ0v) is 12.7. The molecule has 0 saturated carbocycles. The van der Waals surface area contributed by atoms with Gasteiger partial charge in [-0.15, -0.1) is 5.10 Å². The fourth-order valence-electron chi connectivity index (χ4n) is 2.21. The molecule has 0 bridgehead atoms. The van der Waals surface area contributed by atoms with Crippen LogP contribution in [-0.2, 0) is 19.6 Å². The van der Waals surface area contributed by atoms with Gasteiger partial charge in [-0.25, -0.2) is 4.68 Å². The summed E-state index contributed by atoms with van der Waals surface area (Å²) in [5.41, 5.74) is 2.52. The molecule has 0 atom stereocenters. The maximum absolute atomic E-state index is 4.14. The van der Waals surface area contributed by atoms with E-state index < -0.39 is 0 Å². The fraction of sp³-hybridized carbons (Fsp3) is 0.267. The molecular weight excluding hydrogens is 282 g/mol. The molecule has 0 aliphatic heterocycles. The van der Waals surface area contributed by atoms with Gasteiger partial charge in [0.2, 0.25) is 0 Å². The average Bonchev–Trinajstić information content (AvgIpc) is 3.13. The van der Waals surface area contributed by atoms with Crippen LogP contribution in [0.15, 0.2) is 47.2 Å². The molecule has 0 fully saturated rings. The predicted octanol–water partition coefficient (Wildman–Crippen LogP) is 2.41. The molecule has 2 aromatic heterocycles. The van der Waals surface area contributed by atoms with E-state index >= 15 is 0 Å². The van der Waals surface area contributed by atoms with Crippen LogP contribution in [0.1, 0.15) is 17.0 Å². The van der Waals surface area contributed by atoms with Crippen molar-refractivity contribution in [3.8, 4) is 0 Å². The third kappa shape index (κ3) is 3.74. The first-order valence-corrected chi connectivity index (χ1v) is 7.74. The third-order valence-corrected chi connectivity index (χ3v) is 3.96. The van der Waals surface area contributed by atoms with Gasteiger partial charge in [0, 0.05) is 6.54 Å². The van der Waals surface area contributed by atoms with Crippen molar-refractivity contribution in [2.24, 2.45) is 0 Å². The van der Waals surface area contributed by atoms with E-state index in [1.165, 1.54) is 11.1 Å². The molecule has 3 aromatic rings. The first-order valence-electron chi connectivity index (χ1n) is 6.80. The van der Waals surface area contributed by atoms with Crippen LogP contribution >= 0.6 is 11.3 Å². The van der Waals surface area contributed by atoms with Gasteiger partial charge in [-0.1, -0.05) is 30.3 Å². The molecular formula is C15H17N5S. The van der Waals surface area contributed by atoms with Gasteiger partial charge in [-0.3, -0.25) is 4.90 Å². The lowest BCUT2D eigenvalue weighted by Gasteiger charge is -2.15. The van der Waals surface area contributed by atoms with Crippen molar-refractivity contribution in [1.29, 1.82) is 0 Å². The van der Waals surface area contributed by atoms with Gasteiger partial charge in [-0.05, 0) is 45.4 Å². The molecule has 108 valence electrons. The van der Waals surface area contributed by atoms with Crippen LogP contribution in [0.4, 0.5) is 0 Å². The normalized spacial score (nSPS) is 11.1. The zero-order chi connectivity index (χ0) is 14.5. The summed E-state index contributed by atoms with van der Waals surface area (Å²) in [6.45, 7) is 2.34. The van der Waals surface area contributed by atoms with Crippen LogP contribution in [0.5, 0.6) is 0 Å². The number of hydrogen-bond donors (Lipinski definition) is 0. The molecule has 0 unspecified atom stereocenters. The lowest BCUT2D eigenvalue weighted by atomic mass is 10.2. The van der Waals surface area contributed by atoms with Gasteiger partial charge in [0.25, 0.3) is 0 Å². The van der Waals surface area contributed by atoms with Gasteiger partial charge in [0.05, 0.1) is 13.1 Å². The Morgan fingerprint density at radius 2 is 1.95 bits per heavy atom. The minimum atomic E-state index is 0.704. The number of tetrazole rings is 1. The summed E-state index contributed by atoms with van der Waals surface area (Å²) < 4.78 is 1.86. The maximum atomic E-state index is 4.14. The molecule has 0 aliphatic carbocycles. The Kier molecular flexibility index (Phi) is 4.37. The Morgan fingerprint density at radius 1 is 1.10 bits per heavy atom. The predicted molar refractivity (Wildman–Crippen MR) is 82.9 cm³/mol. The van der Waals surface area contributed by atoms with Crippen LogP contribution < -0.4 is 0 Å². The summed E-state index contributed by atoms with van der Waals surface area (Å²) in [6.07, 6.45) is 0. The highest BCUT2D eigenvalue weighted by Crippen LogP contribution is 2.10. The van der Waals surface area contributed by atoms with E-state index in [2.05, 4.69) is 56.4 Å². The Labute approximate surface area is 127 Å². The van der Waals surface area contributed by atoms with Crippen LogP contribution in [-0.4, -0.2) is 32.2 Å². The second kappa shape index (κ2) is 6.60. The van der Waals surface area contributed by atoms with E-state index in [0.29, 0.717) is 6.54 Å². The number of rotatable bonds is 6. The Bertz CT molecular complexity index is 662. The van der Waals surface area contributed by atoms with E-state index in [0.717, 1.165) is 18.9 Å². The first-order chi connectivity index (χ1) is 10.3. The maximum Gasteiger partial charge on any atom is 0.165 e. The van der Waals surface area contributed by atoms with E-state index in [-0.39, 0.29) is 0 Å². The summed E-state index contributed by atoms with van der Waals surface area (Å²) in [6, 6.07) is 12.4. The largest absolute Gasteiger partial charge is 0.295 e. The second-order valence-electron chi connectivity index (χ2n) is 5.04. The highest BCUT2D eigenvalue weighted by Gasteiger charge is 2.10. The van der Waals surface area contributed by atoms with E-state index in [4.69, 9.17) is 0 Å². The SMILES string of the molecule is CN(Cc1ccsc1)Cc1nnnn1Cc1ccccc1. The van der Waals surface area contributed by atoms with Crippen LogP contribution in [0.3, 0.4) is 0 Å². The van der Waals surface area contributed by atoms with Crippen molar-refractivity contribution < 1.29 is 0 Å². The number of nitrogens with zero attached hydrogens (tertiary/aromatic N) is 5. The molecule has 0 amide bonds. The molecule has 0 saturated heterocycles. The topological polar surface area (TPSA) is 46.8 Å². The Morgan fingerprint density at radius 3 is 2.71 bits per heavy atom. The first kappa shape index (κ1) is 13.9. The van der Waals surface area contributed by atoms with Crippen LogP contribution in [0.25, 0.3) is 0 Å². The Hall–Kier alpha value is -2.05. The van der Waals surface area contributed by atoms with E-state index in [9.17, 15) is 0 Å². The Balaban J connectivity index is 1.65. The molecule has 0 spiro atoms. The molecule has 0 aliphatic rings. The van der Waals surface area contributed by atoms with Gasteiger partial charge in [0.15, 0.2) is 5.82 Å². The monoisotopic (exact) mass is 299 g/mol. The zero-order valence-electron chi connectivity index (χ0n) is 11.9. The minimum absolute atomic E-state index is 0.704. The number of hydrogen-bond acceptors (Lipinski definition) is 5. The highest BCUT2D eigenvalue weighted by atomic mass is 32.1. The molecule has 21 heavy (non-hydrogen) atoms. The second-order valence-corrected chi connectivity index (χ2v) is 5.82. The number of aromatic nitrogens is 4. The van der Waals surface area contributed by atoms with Crippen molar-refractivity contribution >= 4 is 11.3 Å².